The molecular weight excluding hydrogens is 340 g/mol. The number of fused-ring (bicyclic) bond motifs is 1. The van der Waals surface area contributed by atoms with Gasteiger partial charge in [-0.3, -0.25) is 4.79 Å². The first kappa shape index (κ1) is 17.3. The molecule has 1 aliphatic carbocycles. The van der Waals surface area contributed by atoms with Gasteiger partial charge in [0.05, 0.1) is 11.6 Å². The Kier molecular flexibility index (Phi) is 5.24. The highest BCUT2D eigenvalue weighted by Gasteiger charge is 2.22. The van der Waals surface area contributed by atoms with Crippen molar-refractivity contribution in [1.29, 1.82) is 0 Å². The number of hydrogen-bond acceptors (Lipinski definition) is 4. The second-order valence-corrected chi connectivity index (χ2v) is 6.46. The van der Waals surface area contributed by atoms with E-state index >= 15 is 0 Å². The van der Waals surface area contributed by atoms with Gasteiger partial charge in [0, 0.05) is 10.7 Å². The molecule has 0 saturated carbocycles. The van der Waals surface area contributed by atoms with E-state index in [1.807, 2.05) is 18.2 Å². The first-order chi connectivity index (χ1) is 12.0. The Bertz CT molecular complexity index is 807. The zero-order valence-corrected chi connectivity index (χ0v) is 14.4. The number of amides is 1. The van der Waals surface area contributed by atoms with Crippen LogP contribution in [0.4, 0.5) is 5.69 Å². The van der Waals surface area contributed by atoms with Crippen molar-refractivity contribution in [1.82, 2.24) is 5.32 Å². The molecule has 0 aromatic heterocycles. The molecule has 1 aliphatic rings. The summed E-state index contributed by atoms with van der Waals surface area (Å²) in [5.74, 6) is -1.00. The van der Waals surface area contributed by atoms with Crippen LogP contribution in [0.1, 0.15) is 40.4 Å². The Morgan fingerprint density at radius 3 is 2.88 bits per heavy atom. The van der Waals surface area contributed by atoms with Crippen LogP contribution in [0, 0.1) is 0 Å². The summed E-state index contributed by atoms with van der Waals surface area (Å²) in [6, 6.07) is 12.6. The number of ether oxygens (including phenoxy) is 1. The van der Waals surface area contributed by atoms with Gasteiger partial charge in [0.1, 0.15) is 0 Å². The number of rotatable bonds is 4. The van der Waals surface area contributed by atoms with Crippen LogP contribution in [0.15, 0.2) is 42.5 Å². The summed E-state index contributed by atoms with van der Waals surface area (Å²) in [5.41, 5.74) is 8.54. The largest absolute Gasteiger partial charge is 0.452 e. The molecule has 3 rings (SSSR count). The third-order valence-electron chi connectivity index (χ3n) is 4.27. The summed E-state index contributed by atoms with van der Waals surface area (Å²) in [4.78, 5) is 24.2. The van der Waals surface area contributed by atoms with Gasteiger partial charge in [-0.25, -0.2) is 4.79 Å². The minimum Gasteiger partial charge on any atom is -0.452 e. The highest BCUT2D eigenvalue weighted by Crippen LogP contribution is 2.29. The smallest absolute Gasteiger partial charge is 0.340 e. The Balaban J connectivity index is 1.59. The predicted molar refractivity (Wildman–Crippen MR) is 96.4 cm³/mol. The van der Waals surface area contributed by atoms with E-state index in [-0.39, 0.29) is 29.8 Å². The average molecular weight is 359 g/mol. The third kappa shape index (κ3) is 4.12. The summed E-state index contributed by atoms with van der Waals surface area (Å²) in [5, 5.41) is 3.31. The molecule has 0 fully saturated rings. The minimum absolute atomic E-state index is 0.0487. The SMILES string of the molecule is Nc1ccc(Cl)cc1C(=O)OCC(=O)NC1CCCc2ccccc21. The molecule has 0 radical (unpaired) electrons. The molecule has 1 unspecified atom stereocenters. The monoisotopic (exact) mass is 358 g/mol. The summed E-state index contributed by atoms with van der Waals surface area (Å²) in [6.45, 7) is -0.358. The number of hydrogen-bond donors (Lipinski definition) is 2. The topological polar surface area (TPSA) is 81.4 Å². The number of benzene rings is 2. The lowest BCUT2D eigenvalue weighted by Gasteiger charge is -2.26. The lowest BCUT2D eigenvalue weighted by molar-refractivity contribution is -0.125. The molecule has 0 aliphatic heterocycles. The molecule has 1 atom stereocenters. The van der Waals surface area contributed by atoms with Gasteiger partial charge in [0.2, 0.25) is 0 Å². The van der Waals surface area contributed by atoms with Crippen LogP contribution in [-0.2, 0) is 16.0 Å². The number of esters is 1. The molecule has 5 nitrogen and oxygen atoms in total. The Morgan fingerprint density at radius 1 is 1.24 bits per heavy atom. The van der Waals surface area contributed by atoms with E-state index in [0.717, 1.165) is 24.8 Å². The molecular formula is C19H19ClN2O3. The first-order valence-corrected chi connectivity index (χ1v) is 8.51. The number of nitrogen functional groups attached to an aromatic ring is 1. The second-order valence-electron chi connectivity index (χ2n) is 6.02. The Labute approximate surface area is 151 Å². The van der Waals surface area contributed by atoms with Gasteiger partial charge in [0.25, 0.3) is 5.91 Å². The number of carbonyl (C=O) groups excluding carboxylic acids is 2. The number of aryl methyl sites for hydroxylation is 1. The third-order valence-corrected chi connectivity index (χ3v) is 4.51. The van der Waals surface area contributed by atoms with E-state index in [1.54, 1.807) is 6.07 Å². The normalized spacial score (nSPS) is 16.0. The van der Waals surface area contributed by atoms with Crippen molar-refractivity contribution in [3.63, 3.8) is 0 Å². The molecule has 0 heterocycles. The van der Waals surface area contributed by atoms with Crippen molar-refractivity contribution >= 4 is 29.2 Å². The van der Waals surface area contributed by atoms with Crippen molar-refractivity contribution in [2.24, 2.45) is 0 Å². The maximum absolute atomic E-state index is 12.2. The van der Waals surface area contributed by atoms with Crippen LogP contribution in [-0.4, -0.2) is 18.5 Å². The maximum Gasteiger partial charge on any atom is 0.340 e. The minimum atomic E-state index is -0.667. The van der Waals surface area contributed by atoms with Crippen LogP contribution >= 0.6 is 11.6 Å². The molecule has 2 aromatic carbocycles. The number of carbonyl (C=O) groups is 2. The number of halogens is 1. The fourth-order valence-corrected chi connectivity index (χ4v) is 3.23. The number of nitrogens with two attached hydrogens (primary N) is 1. The molecule has 6 heteroatoms. The zero-order chi connectivity index (χ0) is 17.8. The van der Waals surface area contributed by atoms with Crippen LogP contribution in [0.5, 0.6) is 0 Å². The molecule has 0 bridgehead atoms. The summed E-state index contributed by atoms with van der Waals surface area (Å²) < 4.78 is 5.07. The van der Waals surface area contributed by atoms with Crippen molar-refractivity contribution in [2.45, 2.75) is 25.3 Å². The van der Waals surface area contributed by atoms with Crippen molar-refractivity contribution in [2.75, 3.05) is 12.3 Å². The lowest BCUT2D eigenvalue weighted by atomic mass is 9.88. The average Bonchev–Trinajstić information content (AvgIpc) is 2.62. The summed E-state index contributed by atoms with van der Waals surface area (Å²) >= 11 is 5.86. The zero-order valence-electron chi connectivity index (χ0n) is 13.6. The number of nitrogens with one attached hydrogen (secondary N) is 1. The molecule has 0 saturated heterocycles. The van der Waals surface area contributed by atoms with Gasteiger partial charge in [0.15, 0.2) is 6.61 Å². The van der Waals surface area contributed by atoms with Crippen molar-refractivity contribution < 1.29 is 14.3 Å². The van der Waals surface area contributed by atoms with Crippen molar-refractivity contribution in [3.05, 3.63) is 64.2 Å². The van der Waals surface area contributed by atoms with E-state index < -0.39 is 5.97 Å². The Hall–Kier alpha value is -2.53. The summed E-state index contributed by atoms with van der Waals surface area (Å²) in [7, 11) is 0. The molecule has 0 spiro atoms. The van der Waals surface area contributed by atoms with Gasteiger partial charge in [-0.2, -0.15) is 0 Å². The van der Waals surface area contributed by atoms with Gasteiger partial charge in [-0.15, -0.1) is 0 Å². The molecule has 3 N–H and O–H groups in total. The van der Waals surface area contributed by atoms with Crippen LogP contribution in [0.25, 0.3) is 0 Å². The first-order valence-electron chi connectivity index (χ1n) is 8.14. The van der Waals surface area contributed by atoms with E-state index in [2.05, 4.69) is 11.4 Å². The molecule has 1 amide bonds. The second kappa shape index (κ2) is 7.57. The van der Waals surface area contributed by atoms with E-state index in [9.17, 15) is 9.59 Å². The molecule has 130 valence electrons. The Morgan fingerprint density at radius 2 is 2.04 bits per heavy atom. The van der Waals surface area contributed by atoms with Gasteiger partial charge in [-0.05, 0) is 48.6 Å². The lowest BCUT2D eigenvalue weighted by Crippen LogP contribution is -2.34. The van der Waals surface area contributed by atoms with E-state index in [1.165, 1.54) is 17.7 Å². The quantitative estimate of drug-likeness (QED) is 0.649. The fraction of sp³-hybridized carbons (Fsp3) is 0.263. The molecule has 2 aromatic rings. The van der Waals surface area contributed by atoms with E-state index in [4.69, 9.17) is 22.1 Å². The maximum atomic E-state index is 12.2. The van der Waals surface area contributed by atoms with Crippen LogP contribution < -0.4 is 11.1 Å². The summed E-state index contributed by atoms with van der Waals surface area (Å²) in [6.07, 6.45) is 2.91. The fourth-order valence-electron chi connectivity index (χ4n) is 3.05. The predicted octanol–water partition coefficient (Wildman–Crippen LogP) is 3.27. The van der Waals surface area contributed by atoms with Gasteiger partial charge in [-0.1, -0.05) is 35.9 Å². The van der Waals surface area contributed by atoms with Gasteiger partial charge < -0.3 is 15.8 Å². The standard InChI is InChI=1S/C19H19ClN2O3/c20-13-8-9-16(21)15(10-13)19(24)25-11-18(23)22-17-7-3-5-12-4-1-2-6-14(12)17/h1-2,4,6,8-10,17H,3,5,7,11,21H2,(H,22,23). The highest BCUT2D eigenvalue weighted by molar-refractivity contribution is 6.31. The highest BCUT2D eigenvalue weighted by atomic mass is 35.5. The van der Waals surface area contributed by atoms with Gasteiger partial charge >= 0.3 is 5.97 Å². The number of anilines is 1. The van der Waals surface area contributed by atoms with Crippen LogP contribution in [0.3, 0.4) is 0 Å². The molecule has 25 heavy (non-hydrogen) atoms. The van der Waals surface area contributed by atoms with E-state index in [0.29, 0.717) is 5.02 Å². The van der Waals surface area contributed by atoms with Crippen LogP contribution in [0.2, 0.25) is 5.02 Å². The van der Waals surface area contributed by atoms with Crippen molar-refractivity contribution in [3.8, 4) is 0 Å².